The van der Waals surface area contributed by atoms with Crippen LogP contribution in [-0.4, -0.2) is 22.6 Å². The Labute approximate surface area is 102 Å². The van der Waals surface area contributed by atoms with E-state index in [4.69, 9.17) is 0 Å². The number of imidazole rings is 1. The Balaban J connectivity index is 1.74. The Morgan fingerprint density at radius 3 is 2.76 bits per heavy atom. The zero-order chi connectivity index (χ0) is 11.7. The second-order valence-corrected chi connectivity index (χ2v) is 4.73. The van der Waals surface area contributed by atoms with Gasteiger partial charge < -0.3 is 9.47 Å². The molecule has 0 aliphatic carbocycles. The molecule has 0 unspecified atom stereocenters. The third kappa shape index (κ3) is 2.05. The molecule has 0 bridgehead atoms. The lowest BCUT2D eigenvalue weighted by Crippen LogP contribution is -2.20. The molecule has 1 fully saturated rings. The molecule has 1 aliphatic rings. The number of anilines is 1. The van der Waals surface area contributed by atoms with E-state index in [1.165, 1.54) is 17.7 Å². The largest absolute Gasteiger partial charge is 0.369 e. The molecule has 1 aliphatic heterocycles. The molecule has 0 saturated carbocycles. The van der Waals surface area contributed by atoms with Crippen molar-refractivity contribution in [1.82, 2.24) is 9.55 Å². The summed E-state index contributed by atoms with van der Waals surface area (Å²) in [6.45, 7) is 4.34. The van der Waals surface area contributed by atoms with Crippen molar-refractivity contribution in [3.8, 4) is 0 Å². The zero-order valence-corrected chi connectivity index (χ0v) is 10.1. The van der Waals surface area contributed by atoms with Gasteiger partial charge in [-0.2, -0.15) is 0 Å². The van der Waals surface area contributed by atoms with E-state index in [1.807, 2.05) is 12.5 Å². The first-order valence-electron chi connectivity index (χ1n) is 6.12. The summed E-state index contributed by atoms with van der Waals surface area (Å²) in [4.78, 5) is 6.57. The summed E-state index contributed by atoms with van der Waals surface area (Å²) in [5.74, 6) is 0. The van der Waals surface area contributed by atoms with Crippen molar-refractivity contribution in [2.75, 3.05) is 18.0 Å². The lowest BCUT2D eigenvalue weighted by atomic mass is 10.2. The number of benzene rings is 1. The number of hydrogen-bond acceptors (Lipinski definition) is 2. The lowest BCUT2D eigenvalue weighted by Gasteiger charge is -2.19. The van der Waals surface area contributed by atoms with Gasteiger partial charge in [-0.25, -0.2) is 4.98 Å². The van der Waals surface area contributed by atoms with Gasteiger partial charge in [-0.1, -0.05) is 17.7 Å². The molecule has 1 aromatic heterocycles. The van der Waals surface area contributed by atoms with Crippen molar-refractivity contribution >= 4 is 5.69 Å². The molecule has 17 heavy (non-hydrogen) atoms. The van der Waals surface area contributed by atoms with Crippen LogP contribution in [0.5, 0.6) is 0 Å². The number of hydrogen-bond donors (Lipinski definition) is 0. The molecule has 0 N–H and O–H groups in total. The number of aromatic nitrogens is 2. The molecule has 0 amide bonds. The molecule has 1 saturated heterocycles. The third-order valence-corrected chi connectivity index (χ3v) is 3.51. The van der Waals surface area contributed by atoms with E-state index in [0.717, 1.165) is 13.1 Å². The first-order valence-corrected chi connectivity index (χ1v) is 6.12. The fourth-order valence-corrected chi connectivity index (χ4v) is 2.46. The first kappa shape index (κ1) is 10.4. The van der Waals surface area contributed by atoms with Crippen molar-refractivity contribution in [3.05, 3.63) is 48.5 Å². The third-order valence-electron chi connectivity index (χ3n) is 3.51. The molecular formula is C14H17N3. The van der Waals surface area contributed by atoms with Crippen molar-refractivity contribution < 1.29 is 0 Å². The number of aryl methyl sites for hydroxylation is 1. The Hall–Kier alpha value is -1.77. The molecule has 1 aromatic carbocycles. The second-order valence-electron chi connectivity index (χ2n) is 4.73. The lowest BCUT2D eigenvalue weighted by molar-refractivity contribution is 0.551. The van der Waals surface area contributed by atoms with Gasteiger partial charge in [-0.3, -0.25) is 0 Å². The van der Waals surface area contributed by atoms with Gasteiger partial charge in [0.15, 0.2) is 0 Å². The molecule has 0 spiro atoms. The highest BCUT2D eigenvalue weighted by atomic mass is 15.2. The van der Waals surface area contributed by atoms with Crippen LogP contribution in [0.2, 0.25) is 0 Å². The zero-order valence-electron chi connectivity index (χ0n) is 10.1. The highest BCUT2D eigenvalue weighted by Gasteiger charge is 2.23. The average Bonchev–Trinajstić information content (AvgIpc) is 3.00. The normalized spacial score (nSPS) is 19.8. The van der Waals surface area contributed by atoms with Gasteiger partial charge in [0.2, 0.25) is 0 Å². The number of nitrogens with zero attached hydrogens (tertiary/aromatic N) is 3. The van der Waals surface area contributed by atoms with Gasteiger partial charge in [-0.05, 0) is 25.5 Å². The number of rotatable bonds is 2. The summed E-state index contributed by atoms with van der Waals surface area (Å²) in [6.07, 6.45) is 7.03. The Morgan fingerprint density at radius 1 is 1.24 bits per heavy atom. The molecule has 2 aromatic rings. The van der Waals surface area contributed by atoms with Crippen LogP contribution in [0.4, 0.5) is 5.69 Å². The van der Waals surface area contributed by atoms with Crippen LogP contribution in [0.25, 0.3) is 0 Å². The SMILES string of the molecule is Cc1ccc(N2CC[C@@H](n3ccnc3)C2)cc1. The monoisotopic (exact) mass is 227 g/mol. The minimum atomic E-state index is 0.568. The van der Waals surface area contributed by atoms with E-state index < -0.39 is 0 Å². The smallest absolute Gasteiger partial charge is 0.0949 e. The predicted octanol–water partition coefficient (Wildman–Crippen LogP) is 2.64. The second kappa shape index (κ2) is 4.24. The van der Waals surface area contributed by atoms with E-state index >= 15 is 0 Å². The van der Waals surface area contributed by atoms with Crippen LogP contribution in [0.1, 0.15) is 18.0 Å². The predicted molar refractivity (Wildman–Crippen MR) is 69.3 cm³/mol. The van der Waals surface area contributed by atoms with E-state index in [0.29, 0.717) is 6.04 Å². The summed E-state index contributed by atoms with van der Waals surface area (Å²) in [6, 6.07) is 9.36. The maximum absolute atomic E-state index is 4.12. The van der Waals surface area contributed by atoms with Crippen LogP contribution in [0, 0.1) is 6.92 Å². The van der Waals surface area contributed by atoms with Gasteiger partial charge in [0.05, 0.1) is 12.4 Å². The van der Waals surface area contributed by atoms with Gasteiger partial charge in [0.1, 0.15) is 0 Å². The van der Waals surface area contributed by atoms with E-state index in [1.54, 1.807) is 0 Å². The van der Waals surface area contributed by atoms with Crippen LogP contribution in [-0.2, 0) is 0 Å². The minimum Gasteiger partial charge on any atom is -0.369 e. The minimum absolute atomic E-state index is 0.568. The first-order chi connectivity index (χ1) is 8.33. The fourth-order valence-electron chi connectivity index (χ4n) is 2.46. The Morgan fingerprint density at radius 2 is 2.06 bits per heavy atom. The van der Waals surface area contributed by atoms with Crippen LogP contribution in [0.3, 0.4) is 0 Å². The highest BCUT2D eigenvalue weighted by Crippen LogP contribution is 2.26. The molecule has 1 atom stereocenters. The quantitative estimate of drug-likeness (QED) is 0.786. The summed E-state index contributed by atoms with van der Waals surface area (Å²) < 4.78 is 2.22. The molecule has 3 rings (SSSR count). The van der Waals surface area contributed by atoms with E-state index in [9.17, 15) is 0 Å². The summed E-state index contributed by atoms with van der Waals surface area (Å²) in [5.41, 5.74) is 2.65. The topological polar surface area (TPSA) is 21.1 Å². The summed E-state index contributed by atoms with van der Waals surface area (Å²) in [7, 11) is 0. The Bertz CT molecular complexity index is 473. The maximum Gasteiger partial charge on any atom is 0.0949 e. The van der Waals surface area contributed by atoms with Crippen LogP contribution >= 0.6 is 0 Å². The van der Waals surface area contributed by atoms with Crippen molar-refractivity contribution in [1.29, 1.82) is 0 Å². The van der Waals surface area contributed by atoms with Gasteiger partial charge in [-0.15, -0.1) is 0 Å². The molecule has 3 nitrogen and oxygen atoms in total. The van der Waals surface area contributed by atoms with E-state index in [2.05, 4.69) is 51.8 Å². The average molecular weight is 227 g/mol. The van der Waals surface area contributed by atoms with E-state index in [-0.39, 0.29) is 0 Å². The molecular weight excluding hydrogens is 210 g/mol. The molecule has 88 valence electrons. The molecule has 2 heterocycles. The van der Waals surface area contributed by atoms with Crippen LogP contribution < -0.4 is 4.90 Å². The molecule has 3 heteroatoms. The molecule has 0 radical (unpaired) electrons. The van der Waals surface area contributed by atoms with Gasteiger partial charge >= 0.3 is 0 Å². The Kier molecular flexibility index (Phi) is 2.59. The van der Waals surface area contributed by atoms with Crippen molar-refractivity contribution in [3.63, 3.8) is 0 Å². The van der Waals surface area contributed by atoms with Crippen molar-refractivity contribution in [2.24, 2.45) is 0 Å². The van der Waals surface area contributed by atoms with Crippen LogP contribution in [0.15, 0.2) is 43.0 Å². The standard InChI is InChI=1S/C14H17N3/c1-12-2-4-13(5-3-12)16-8-6-14(10-16)17-9-7-15-11-17/h2-5,7,9,11,14H,6,8,10H2,1H3/t14-/m1/s1. The highest BCUT2D eigenvalue weighted by molar-refractivity contribution is 5.48. The van der Waals surface area contributed by atoms with Crippen molar-refractivity contribution in [2.45, 2.75) is 19.4 Å². The summed E-state index contributed by atoms with van der Waals surface area (Å²) in [5, 5.41) is 0. The van der Waals surface area contributed by atoms with Gasteiger partial charge in [0, 0.05) is 31.2 Å². The maximum atomic E-state index is 4.12. The fraction of sp³-hybridized carbons (Fsp3) is 0.357. The summed E-state index contributed by atoms with van der Waals surface area (Å²) >= 11 is 0. The van der Waals surface area contributed by atoms with Gasteiger partial charge in [0.25, 0.3) is 0 Å².